The van der Waals surface area contributed by atoms with E-state index in [-0.39, 0.29) is 24.2 Å². The lowest BCUT2D eigenvalue weighted by Crippen LogP contribution is -2.16. The monoisotopic (exact) mass is 413 g/mol. The smallest absolute Gasteiger partial charge is 0.227 e. The van der Waals surface area contributed by atoms with Crippen LogP contribution in [0.4, 0.5) is 11.4 Å². The predicted molar refractivity (Wildman–Crippen MR) is 112 cm³/mol. The highest BCUT2D eigenvalue weighted by Gasteiger charge is 2.29. The number of amides is 2. The molecule has 2 heterocycles. The second-order valence-electron chi connectivity index (χ2n) is 6.62. The van der Waals surface area contributed by atoms with Gasteiger partial charge in [-0.25, -0.2) is 0 Å². The SMILES string of the molecule is O=C(CCn1c(-c2cccs2)n[nH]c1=S)Nc1cccc(NC(=O)C2CC2)c1. The second kappa shape index (κ2) is 8.07. The Hall–Kier alpha value is -2.78. The van der Waals surface area contributed by atoms with Crippen molar-refractivity contribution in [3.63, 3.8) is 0 Å². The van der Waals surface area contributed by atoms with E-state index in [0.29, 0.717) is 22.7 Å². The van der Waals surface area contributed by atoms with Crippen LogP contribution in [0, 0.1) is 10.7 Å². The zero-order valence-electron chi connectivity index (χ0n) is 15.0. The van der Waals surface area contributed by atoms with Gasteiger partial charge in [-0.05, 0) is 54.7 Å². The third-order valence-corrected chi connectivity index (χ3v) is 5.60. The number of aromatic nitrogens is 3. The molecule has 0 unspecified atom stereocenters. The van der Waals surface area contributed by atoms with Crippen LogP contribution >= 0.6 is 23.6 Å². The highest BCUT2D eigenvalue weighted by Crippen LogP contribution is 2.30. The number of benzene rings is 1. The van der Waals surface area contributed by atoms with E-state index in [1.807, 2.05) is 28.1 Å². The highest BCUT2D eigenvalue weighted by atomic mass is 32.1. The summed E-state index contributed by atoms with van der Waals surface area (Å²) < 4.78 is 2.31. The normalized spacial score (nSPS) is 13.3. The molecule has 2 amide bonds. The van der Waals surface area contributed by atoms with Crippen LogP contribution in [0.5, 0.6) is 0 Å². The van der Waals surface area contributed by atoms with E-state index in [1.54, 1.807) is 29.5 Å². The summed E-state index contributed by atoms with van der Waals surface area (Å²) in [7, 11) is 0. The topological polar surface area (TPSA) is 91.8 Å². The number of carbonyl (C=O) groups is 2. The maximum absolute atomic E-state index is 12.4. The van der Waals surface area contributed by atoms with Gasteiger partial charge in [-0.1, -0.05) is 12.1 Å². The van der Waals surface area contributed by atoms with Crippen LogP contribution in [0.2, 0.25) is 0 Å². The summed E-state index contributed by atoms with van der Waals surface area (Å²) >= 11 is 6.86. The number of carbonyl (C=O) groups excluding carboxylic acids is 2. The molecule has 0 saturated heterocycles. The minimum atomic E-state index is -0.133. The Morgan fingerprint density at radius 1 is 1.21 bits per heavy atom. The standard InChI is InChI=1S/C19H19N5O2S2/c25-16(8-9-24-17(22-23-19(24)27)15-5-2-10-28-15)20-13-3-1-4-14(11-13)21-18(26)12-6-7-12/h1-5,10-12H,6-9H2,(H,20,25)(H,21,26)(H,23,27). The number of hydrogen-bond acceptors (Lipinski definition) is 5. The van der Waals surface area contributed by atoms with Gasteiger partial charge >= 0.3 is 0 Å². The molecule has 7 nitrogen and oxygen atoms in total. The molecule has 1 saturated carbocycles. The number of nitrogens with zero attached hydrogens (tertiary/aromatic N) is 2. The fourth-order valence-corrected chi connectivity index (χ4v) is 3.77. The Bertz CT molecular complexity index is 1050. The molecule has 144 valence electrons. The van der Waals surface area contributed by atoms with Gasteiger partial charge in [-0.2, -0.15) is 5.10 Å². The Labute approximate surface area is 170 Å². The number of thiophene rings is 1. The number of aromatic amines is 1. The van der Waals surface area contributed by atoms with E-state index >= 15 is 0 Å². The average molecular weight is 414 g/mol. The molecule has 0 bridgehead atoms. The van der Waals surface area contributed by atoms with Crippen LogP contribution in [0.15, 0.2) is 41.8 Å². The van der Waals surface area contributed by atoms with Crippen molar-refractivity contribution in [1.29, 1.82) is 0 Å². The van der Waals surface area contributed by atoms with E-state index in [2.05, 4.69) is 20.8 Å². The molecule has 9 heteroatoms. The van der Waals surface area contributed by atoms with Gasteiger partial charge in [-0.15, -0.1) is 11.3 Å². The molecule has 1 aromatic carbocycles. The van der Waals surface area contributed by atoms with Crippen molar-refractivity contribution in [3.05, 3.63) is 46.5 Å². The van der Waals surface area contributed by atoms with Crippen LogP contribution in [0.1, 0.15) is 19.3 Å². The number of H-pyrrole nitrogens is 1. The lowest BCUT2D eigenvalue weighted by atomic mass is 10.2. The number of hydrogen-bond donors (Lipinski definition) is 3. The van der Waals surface area contributed by atoms with Crippen molar-refractivity contribution in [3.8, 4) is 10.7 Å². The fourth-order valence-electron chi connectivity index (χ4n) is 2.82. The number of anilines is 2. The molecule has 1 aliphatic rings. The molecule has 3 aromatic rings. The zero-order chi connectivity index (χ0) is 19.5. The summed E-state index contributed by atoms with van der Waals surface area (Å²) in [6.07, 6.45) is 2.16. The van der Waals surface area contributed by atoms with Crippen molar-refractivity contribution in [2.45, 2.75) is 25.8 Å². The summed E-state index contributed by atoms with van der Waals surface area (Å²) in [5.74, 6) is 0.776. The predicted octanol–water partition coefficient (Wildman–Crippen LogP) is 4.05. The quantitative estimate of drug-likeness (QED) is 0.510. The van der Waals surface area contributed by atoms with Crippen molar-refractivity contribution >= 4 is 46.7 Å². The van der Waals surface area contributed by atoms with Gasteiger partial charge in [0.15, 0.2) is 10.6 Å². The third-order valence-electron chi connectivity index (χ3n) is 4.42. The van der Waals surface area contributed by atoms with Crippen LogP contribution in [0.3, 0.4) is 0 Å². The Morgan fingerprint density at radius 3 is 2.71 bits per heavy atom. The van der Waals surface area contributed by atoms with Crippen LogP contribution in [-0.2, 0) is 16.1 Å². The fraction of sp³-hybridized carbons (Fsp3) is 0.263. The second-order valence-corrected chi connectivity index (χ2v) is 7.96. The summed E-state index contributed by atoms with van der Waals surface area (Å²) in [6, 6.07) is 11.1. The molecule has 4 rings (SSSR count). The van der Waals surface area contributed by atoms with Gasteiger partial charge in [0.2, 0.25) is 11.8 Å². The van der Waals surface area contributed by atoms with Gasteiger partial charge in [0, 0.05) is 30.3 Å². The van der Waals surface area contributed by atoms with Crippen molar-refractivity contribution in [2.75, 3.05) is 10.6 Å². The lowest BCUT2D eigenvalue weighted by molar-refractivity contribution is -0.117. The Balaban J connectivity index is 1.37. The van der Waals surface area contributed by atoms with Gasteiger partial charge in [0.1, 0.15) is 0 Å². The van der Waals surface area contributed by atoms with Crippen molar-refractivity contribution in [1.82, 2.24) is 14.8 Å². The first-order valence-corrected chi connectivity index (χ1v) is 10.3. The molecule has 0 aliphatic heterocycles. The first-order valence-electron chi connectivity index (χ1n) is 9.00. The number of nitrogens with one attached hydrogen (secondary N) is 3. The number of rotatable bonds is 7. The van der Waals surface area contributed by atoms with Crippen molar-refractivity contribution < 1.29 is 9.59 Å². The van der Waals surface area contributed by atoms with Gasteiger partial charge < -0.3 is 10.6 Å². The summed E-state index contributed by atoms with van der Waals surface area (Å²) in [6.45, 7) is 0.423. The minimum absolute atomic E-state index is 0.0407. The minimum Gasteiger partial charge on any atom is -0.326 e. The van der Waals surface area contributed by atoms with E-state index in [9.17, 15) is 9.59 Å². The third kappa shape index (κ3) is 4.37. The zero-order valence-corrected chi connectivity index (χ0v) is 16.6. The Morgan fingerprint density at radius 2 is 2.00 bits per heavy atom. The first kappa shape index (κ1) is 18.6. The molecule has 0 radical (unpaired) electrons. The molecular formula is C19H19N5O2S2. The summed E-state index contributed by atoms with van der Waals surface area (Å²) in [4.78, 5) is 25.3. The molecule has 28 heavy (non-hydrogen) atoms. The van der Waals surface area contributed by atoms with Gasteiger partial charge in [0.25, 0.3) is 0 Å². The van der Waals surface area contributed by atoms with Crippen LogP contribution in [0.25, 0.3) is 10.7 Å². The van der Waals surface area contributed by atoms with Crippen LogP contribution < -0.4 is 10.6 Å². The molecule has 0 atom stereocenters. The largest absolute Gasteiger partial charge is 0.326 e. The molecule has 3 N–H and O–H groups in total. The molecular weight excluding hydrogens is 394 g/mol. The van der Waals surface area contributed by atoms with Gasteiger partial charge in [0.05, 0.1) is 4.88 Å². The van der Waals surface area contributed by atoms with E-state index in [4.69, 9.17) is 12.2 Å². The summed E-state index contributed by atoms with van der Waals surface area (Å²) in [5.41, 5.74) is 1.33. The molecule has 1 aliphatic carbocycles. The average Bonchev–Trinajstić information content (AvgIpc) is 3.27. The maximum Gasteiger partial charge on any atom is 0.227 e. The molecule has 2 aromatic heterocycles. The van der Waals surface area contributed by atoms with Gasteiger partial charge in [-0.3, -0.25) is 19.3 Å². The van der Waals surface area contributed by atoms with E-state index < -0.39 is 0 Å². The summed E-state index contributed by atoms with van der Waals surface area (Å²) in [5, 5.41) is 14.8. The molecule has 1 fully saturated rings. The van der Waals surface area contributed by atoms with Crippen LogP contribution in [-0.4, -0.2) is 26.6 Å². The maximum atomic E-state index is 12.4. The lowest BCUT2D eigenvalue weighted by Gasteiger charge is -2.09. The highest BCUT2D eigenvalue weighted by molar-refractivity contribution is 7.71. The van der Waals surface area contributed by atoms with Crippen molar-refractivity contribution in [2.24, 2.45) is 5.92 Å². The molecule has 0 spiro atoms. The first-order chi connectivity index (χ1) is 13.6. The van der Waals surface area contributed by atoms with E-state index in [1.165, 1.54) is 0 Å². The Kier molecular flexibility index (Phi) is 5.36. The van der Waals surface area contributed by atoms with E-state index in [0.717, 1.165) is 23.5 Å².